The average molecular weight is 225 g/mol. The molecule has 0 N–H and O–H groups in total. The van der Waals surface area contributed by atoms with Gasteiger partial charge in [0.05, 0.1) is 5.88 Å². The number of hydrogen-bond donors (Lipinski definition) is 0. The van der Waals surface area contributed by atoms with Crippen molar-refractivity contribution in [2.45, 2.75) is 6.42 Å². The van der Waals surface area contributed by atoms with Gasteiger partial charge in [-0.25, -0.2) is 0 Å². The molecule has 5 heteroatoms. The van der Waals surface area contributed by atoms with Gasteiger partial charge in [0.25, 0.3) is 0 Å². The van der Waals surface area contributed by atoms with Gasteiger partial charge in [0, 0.05) is 18.8 Å². The Bertz CT molecular complexity index is 227. The van der Waals surface area contributed by atoms with Gasteiger partial charge in [-0.1, -0.05) is 11.8 Å². The van der Waals surface area contributed by atoms with Crippen molar-refractivity contribution in [2.24, 2.45) is 4.99 Å². The number of aliphatic imine (C=N–C) groups is 1. The smallest absolute Gasteiger partial charge is 0.167 e. The average Bonchev–Trinajstić information content (AvgIpc) is 2.47. The van der Waals surface area contributed by atoms with Crippen molar-refractivity contribution in [2.75, 3.05) is 19.0 Å². The Morgan fingerprint density at radius 1 is 1.67 bits per heavy atom. The molecule has 0 atom stereocenters. The summed E-state index contributed by atoms with van der Waals surface area (Å²) in [5, 5.41) is 3.23. The number of rotatable bonds is 1. The first-order valence-corrected chi connectivity index (χ1v) is 5.07. The Hall–Kier alpha value is 0.140. The molecule has 0 aromatic heterocycles. The van der Waals surface area contributed by atoms with Crippen LogP contribution in [0.5, 0.6) is 0 Å². The number of fused-ring (bicyclic) bond motifs is 1. The first-order valence-electron chi connectivity index (χ1n) is 3.65. The zero-order chi connectivity index (χ0) is 7.68. The zero-order valence-electron chi connectivity index (χ0n) is 6.49. The molecule has 0 aromatic carbocycles. The van der Waals surface area contributed by atoms with Crippen LogP contribution in [0.2, 0.25) is 0 Å². The van der Waals surface area contributed by atoms with E-state index >= 15 is 0 Å². The van der Waals surface area contributed by atoms with E-state index in [2.05, 4.69) is 15.3 Å². The van der Waals surface area contributed by atoms with Crippen LogP contribution in [0.4, 0.5) is 0 Å². The standard InChI is InChI=1S/C7H9ClN2S.ClH/c8-4-6-5-11-7-9-2-1-3-10(6)7;/h5H,1-4H2;1H. The van der Waals surface area contributed by atoms with E-state index in [9.17, 15) is 0 Å². The first-order chi connectivity index (χ1) is 5.42. The molecular formula is C7H10Cl2N2S. The number of alkyl halides is 1. The monoisotopic (exact) mass is 224 g/mol. The predicted molar refractivity (Wildman–Crippen MR) is 57.3 cm³/mol. The minimum atomic E-state index is 0. The predicted octanol–water partition coefficient (Wildman–Crippen LogP) is 2.30. The third-order valence-corrected chi connectivity index (χ3v) is 3.03. The highest BCUT2D eigenvalue weighted by Gasteiger charge is 2.23. The van der Waals surface area contributed by atoms with Crippen molar-refractivity contribution >= 4 is 40.9 Å². The van der Waals surface area contributed by atoms with E-state index in [0.29, 0.717) is 5.88 Å². The summed E-state index contributed by atoms with van der Waals surface area (Å²) >= 11 is 7.44. The molecule has 0 fully saturated rings. The molecule has 2 heterocycles. The summed E-state index contributed by atoms with van der Waals surface area (Å²) in [6, 6.07) is 0. The van der Waals surface area contributed by atoms with E-state index in [4.69, 9.17) is 11.6 Å². The van der Waals surface area contributed by atoms with Gasteiger partial charge in [-0.15, -0.1) is 24.0 Å². The molecule has 2 rings (SSSR count). The number of amidine groups is 1. The molecule has 0 unspecified atom stereocenters. The molecule has 2 nitrogen and oxygen atoms in total. The van der Waals surface area contributed by atoms with Crippen LogP contribution in [0.1, 0.15) is 6.42 Å². The van der Waals surface area contributed by atoms with E-state index < -0.39 is 0 Å². The van der Waals surface area contributed by atoms with Gasteiger partial charge < -0.3 is 4.90 Å². The van der Waals surface area contributed by atoms with Gasteiger partial charge in [0.15, 0.2) is 5.17 Å². The molecule has 0 radical (unpaired) electrons. The third-order valence-electron chi connectivity index (χ3n) is 1.80. The summed E-state index contributed by atoms with van der Waals surface area (Å²) in [4.78, 5) is 6.59. The van der Waals surface area contributed by atoms with E-state index in [1.807, 2.05) is 0 Å². The summed E-state index contributed by atoms with van der Waals surface area (Å²) in [6.45, 7) is 2.06. The molecule has 12 heavy (non-hydrogen) atoms. The second-order valence-electron chi connectivity index (χ2n) is 2.53. The highest BCUT2D eigenvalue weighted by molar-refractivity contribution is 8.16. The van der Waals surface area contributed by atoms with Gasteiger partial charge in [0.2, 0.25) is 0 Å². The fraction of sp³-hybridized carbons (Fsp3) is 0.571. The quantitative estimate of drug-likeness (QED) is 0.636. The van der Waals surface area contributed by atoms with Crippen LogP contribution >= 0.6 is 35.8 Å². The van der Waals surface area contributed by atoms with Gasteiger partial charge in [-0.2, -0.15) is 0 Å². The normalized spacial score (nSPS) is 20.9. The minimum absolute atomic E-state index is 0. The lowest BCUT2D eigenvalue weighted by atomic mass is 10.3. The molecule has 0 saturated heterocycles. The fourth-order valence-electron chi connectivity index (χ4n) is 1.24. The maximum atomic E-state index is 5.75. The van der Waals surface area contributed by atoms with Crippen molar-refractivity contribution in [3.05, 3.63) is 11.1 Å². The second kappa shape index (κ2) is 4.40. The Kier molecular flexibility index (Phi) is 3.75. The number of thioether (sulfide) groups is 1. The topological polar surface area (TPSA) is 15.6 Å². The summed E-state index contributed by atoms with van der Waals surface area (Å²) in [5.41, 5.74) is 1.20. The van der Waals surface area contributed by atoms with Crippen LogP contribution in [-0.4, -0.2) is 29.0 Å². The maximum Gasteiger partial charge on any atom is 0.167 e. The van der Waals surface area contributed by atoms with E-state index in [1.165, 1.54) is 5.70 Å². The summed E-state index contributed by atoms with van der Waals surface area (Å²) in [6.07, 6.45) is 1.15. The number of allylic oxidation sites excluding steroid dienone is 1. The molecule has 0 bridgehead atoms. The molecule has 2 aliphatic rings. The molecule has 0 saturated carbocycles. The van der Waals surface area contributed by atoms with Crippen LogP contribution in [0.3, 0.4) is 0 Å². The lowest BCUT2D eigenvalue weighted by Gasteiger charge is -2.24. The van der Waals surface area contributed by atoms with Crippen molar-refractivity contribution in [1.29, 1.82) is 0 Å². The SMILES string of the molecule is Cl.ClCC1=CSC2=NCCCN12. The summed E-state index contributed by atoms with van der Waals surface area (Å²) in [5.74, 6) is 0.603. The lowest BCUT2D eigenvalue weighted by Crippen LogP contribution is -2.30. The highest BCUT2D eigenvalue weighted by Crippen LogP contribution is 2.28. The molecular weight excluding hydrogens is 215 g/mol. The van der Waals surface area contributed by atoms with E-state index in [-0.39, 0.29) is 12.4 Å². The molecule has 0 aliphatic carbocycles. The van der Waals surface area contributed by atoms with Crippen LogP contribution < -0.4 is 0 Å². The largest absolute Gasteiger partial charge is 0.323 e. The van der Waals surface area contributed by atoms with Gasteiger partial charge >= 0.3 is 0 Å². The van der Waals surface area contributed by atoms with Crippen LogP contribution in [0.25, 0.3) is 0 Å². The van der Waals surface area contributed by atoms with Gasteiger partial charge in [-0.05, 0) is 11.8 Å². The van der Waals surface area contributed by atoms with Crippen LogP contribution in [0.15, 0.2) is 16.1 Å². The van der Waals surface area contributed by atoms with Crippen molar-refractivity contribution in [1.82, 2.24) is 4.90 Å². The van der Waals surface area contributed by atoms with E-state index in [0.717, 1.165) is 24.7 Å². The number of nitrogens with zero attached hydrogens (tertiary/aromatic N) is 2. The van der Waals surface area contributed by atoms with Crippen molar-refractivity contribution in [3.63, 3.8) is 0 Å². The highest BCUT2D eigenvalue weighted by atomic mass is 35.5. The molecule has 0 aromatic rings. The number of hydrogen-bond acceptors (Lipinski definition) is 3. The van der Waals surface area contributed by atoms with Crippen molar-refractivity contribution in [3.8, 4) is 0 Å². The maximum absolute atomic E-state index is 5.75. The Morgan fingerprint density at radius 2 is 2.50 bits per heavy atom. The molecule has 0 spiro atoms. The zero-order valence-corrected chi connectivity index (χ0v) is 8.88. The van der Waals surface area contributed by atoms with Crippen molar-refractivity contribution < 1.29 is 0 Å². The molecule has 2 aliphatic heterocycles. The van der Waals surface area contributed by atoms with Crippen LogP contribution in [-0.2, 0) is 0 Å². The summed E-state index contributed by atoms with van der Waals surface area (Å²) in [7, 11) is 0. The number of halogens is 2. The van der Waals surface area contributed by atoms with Gasteiger partial charge in [-0.3, -0.25) is 4.99 Å². The van der Waals surface area contributed by atoms with E-state index in [1.54, 1.807) is 11.8 Å². The lowest BCUT2D eigenvalue weighted by molar-refractivity contribution is 0.490. The first kappa shape index (κ1) is 10.2. The Morgan fingerprint density at radius 3 is 3.25 bits per heavy atom. The van der Waals surface area contributed by atoms with Gasteiger partial charge in [0.1, 0.15) is 0 Å². The minimum Gasteiger partial charge on any atom is -0.323 e. The fourth-order valence-corrected chi connectivity index (χ4v) is 2.51. The second-order valence-corrected chi connectivity index (χ2v) is 3.63. The Labute approximate surface area is 87.5 Å². The molecule has 68 valence electrons. The Balaban J connectivity index is 0.000000720. The summed E-state index contributed by atoms with van der Waals surface area (Å²) < 4.78 is 0. The molecule has 0 amide bonds. The van der Waals surface area contributed by atoms with Crippen LogP contribution in [0, 0.1) is 0 Å². The third kappa shape index (κ3) is 1.73.